The molecule has 150 valence electrons. The van der Waals surface area contributed by atoms with Gasteiger partial charge in [-0.05, 0) is 36.8 Å². The summed E-state index contributed by atoms with van der Waals surface area (Å²) >= 11 is 0. The second-order valence-corrected chi connectivity index (χ2v) is 6.00. The molecular formula is C22H24N4O3. The van der Waals surface area contributed by atoms with Crippen molar-refractivity contribution in [1.82, 2.24) is 15.6 Å². The molecule has 1 aromatic carbocycles. The van der Waals surface area contributed by atoms with E-state index in [2.05, 4.69) is 22.2 Å². The van der Waals surface area contributed by atoms with Crippen molar-refractivity contribution in [2.24, 2.45) is 5.73 Å². The fourth-order valence-electron chi connectivity index (χ4n) is 2.35. The van der Waals surface area contributed by atoms with Gasteiger partial charge in [-0.1, -0.05) is 36.9 Å². The molecule has 7 heteroatoms. The molecule has 7 nitrogen and oxygen atoms in total. The maximum absolute atomic E-state index is 12.4. The van der Waals surface area contributed by atoms with Crippen LogP contribution in [0.25, 0.3) is 0 Å². The average Bonchev–Trinajstić information content (AvgIpc) is 2.75. The number of alkyl carbamates (subject to hydrolysis) is 1. The number of ether oxygens (including phenoxy) is 1. The number of hydrogen-bond acceptors (Lipinski definition) is 5. The van der Waals surface area contributed by atoms with Crippen LogP contribution >= 0.6 is 0 Å². The molecule has 4 N–H and O–H groups in total. The van der Waals surface area contributed by atoms with Crippen LogP contribution in [0.5, 0.6) is 0 Å². The smallest absolute Gasteiger partial charge is 0.407 e. The number of carbonyl (C=O) groups is 2. The fourth-order valence-corrected chi connectivity index (χ4v) is 2.35. The normalized spacial score (nSPS) is 11.5. The monoisotopic (exact) mass is 392 g/mol. The van der Waals surface area contributed by atoms with Crippen molar-refractivity contribution in [3.8, 4) is 0 Å². The Labute approximate surface area is 170 Å². The van der Waals surface area contributed by atoms with Crippen molar-refractivity contribution in [3.63, 3.8) is 0 Å². The number of benzene rings is 1. The number of nitrogens with zero attached hydrogens (tertiary/aromatic N) is 1. The Morgan fingerprint density at radius 2 is 1.97 bits per heavy atom. The summed E-state index contributed by atoms with van der Waals surface area (Å²) in [7, 11) is 0. The summed E-state index contributed by atoms with van der Waals surface area (Å²) in [5.74, 6) is -0.283. The molecular weight excluding hydrogens is 368 g/mol. The lowest BCUT2D eigenvalue weighted by molar-refractivity contribution is 0.0966. The van der Waals surface area contributed by atoms with Gasteiger partial charge in [-0.25, -0.2) is 4.79 Å². The lowest BCUT2D eigenvalue weighted by Gasteiger charge is -2.10. The lowest BCUT2D eigenvalue weighted by Crippen LogP contribution is -2.26. The third-order valence-electron chi connectivity index (χ3n) is 3.89. The van der Waals surface area contributed by atoms with Crippen molar-refractivity contribution in [1.29, 1.82) is 0 Å². The Balaban J connectivity index is 1.84. The standard InChI is InChI=1S/C22H24N4O3/c1-3-6-19(23)20(4-2)26-21(27)18-10-8-16(9-11-18)14-25-22(28)29-15-17-7-5-12-24-13-17/h3-13H,1,14-15,23H2,2H3,(H,25,28)(H,26,27)/b19-6+,20-4+. The minimum Gasteiger partial charge on any atom is -0.445 e. The van der Waals surface area contributed by atoms with Gasteiger partial charge < -0.3 is 21.1 Å². The van der Waals surface area contributed by atoms with Gasteiger partial charge in [-0.2, -0.15) is 0 Å². The van der Waals surface area contributed by atoms with E-state index in [0.29, 0.717) is 17.0 Å². The van der Waals surface area contributed by atoms with Gasteiger partial charge in [0, 0.05) is 30.1 Å². The SMILES string of the molecule is C=C/C=C(N)\C(=C/C)NC(=O)c1ccc(CNC(=O)OCc2cccnc2)cc1. The summed E-state index contributed by atoms with van der Waals surface area (Å²) in [6, 6.07) is 10.5. The Bertz CT molecular complexity index is 903. The van der Waals surface area contributed by atoms with Gasteiger partial charge in [-0.3, -0.25) is 9.78 Å². The Hall–Kier alpha value is -3.87. The van der Waals surface area contributed by atoms with Crippen LogP contribution in [0.4, 0.5) is 4.79 Å². The Morgan fingerprint density at radius 1 is 1.21 bits per heavy atom. The molecule has 0 atom stereocenters. The van der Waals surface area contributed by atoms with Gasteiger partial charge in [-0.15, -0.1) is 0 Å². The molecule has 0 radical (unpaired) electrons. The van der Waals surface area contributed by atoms with Crippen molar-refractivity contribution in [2.45, 2.75) is 20.1 Å². The van der Waals surface area contributed by atoms with Gasteiger partial charge in [0.1, 0.15) is 6.61 Å². The molecule has 0 aliphatic rings. The first-order chi connectivity index (χ1) is 14.0. The number of nitrogens with one attached hydrogen (secondary N) is 2. The van der Waals surface area contributed by atoms with Crippen LogP contribution in [0.2, 0.25) is 0 Å². The van der Waals surface area contributed by atoms with E-state index in [0.717, 1.165) is 11.1 Å². The number of allylic oxidation sites excluding steroid dienone is 3. The third kappa shape index (κ3) is 6.99. The number of aromatic nitrogens is 1. The summed E-state index contributed by atoms with van der Waals surface area (Å²) in [5.41, 5.74) is 8.91. The molecule has 1 heterocycles. The quantitative estimate of drug-likeness (QED) is 0.598. The van der Waals surface area contributed by atoms with Crippen molar-refractivity contribution in [3.05, 3.63) is 102 Å². The van der Waals surface area contributed by atoms with Gasteiger partial charge in [0.2, 0.25) is 0 Å². The molecule has 2 aromatic rings. The van der Waals surface area contributed by atoms with E-state index in [1.54, 1.807) is 67.9 Å². The topological polar surface area (TPSA) is 106 Å². The highest BCUT2D eigenvalue weighted by Crippen LogP contribution is 2.08. The number of rotatable bonds is 8. The predicted molar refractivity (Wildman–Crippen MR) is 111 cm³/mol. The zero-order chi connectivity index (χ0) is 21.1. The molecule has 0 bridgehead atoms. The molecule has 0 aliphatic carbocycles. The third-order valence-corrected chi connectivity index (χ3v) is 3.89. The van der Waals surface area contributed by atoms with E-state index in [1.165, 1.54) is 0 Å². The van der Waals surface area contributed by atoms with Gasteiger partial charge in [0.05, 0.1) is 11.4 Å². The molecule has 2 rings (SSSR count). The second kappa shape index (κ2) is 11.1. The van der Waals surface area contributed by atoms with E-state index in [9.17, 15) is 9.59 Å². The van der Waals surface area contributed by atoms with Crippen molar-refractivity contribution < 1.29 is 14.3 Å². The van der Waals surface area contributed by atoms with E-state index < -0.39 is 6.09 Å². The lowest BCUT2D eigenvalue weighted by atomic mass is 10.1. The van der Waals surface area contributed by atoms with Crippen LogP contribution in [-0.2, 0) is 17.9 Å². The summed E-state index contributed by atoms with van der Waals surface area (Å²) in [5, 5.41) is 5.42. The molecule has 0 fully saturated rings. The van der Waals surface area contributed by atoms with Crippen LogP contribution in [0.1, 0.15) is 28.4 Å². The number of pyridine rings is 1. The average molecular weight is 392 g/mol. The molecule has 0 spiro atoms. The maximum Gasteiger partial charge on any atom is 0.407 e. The zero-order valence-corrected chi connectivity index (χ0v) is 16.2. The first-order valence-corrected chi connectivity index (χ1v) is 8.98. The van der Waals surface area contributed by atoms with E-state index in [4.69, 9.17) is 10.5 Å². The van der Waals surface area contributed by atoms with Gasteiger partial charge >= 0.3 is 6.09 Å². The van der Waals surface area contributed by atoms with Gasteiger partial charge in [0.25, 0.3) is 5.91 Å². The van der Waals surface area contributed by atoms with Crippen LogP contribution in [0, 0.1) is 0 Å². The molecule has 0 saturated heterocycles. The van der Waals surface area contributed by atoms with E-state index in [-0.39, 0.29) is 19.1 Å². The van der Waals surface area contributed by atoms with Crippen LogP contribution in [0.15, 0.2) is 85.0 Å². The van der Waals surface area contributed by atoms with Crippen LogP contribution in [0.3, 0.4) is 0 Å². The van der Waals surface area contributed by atoms with Crippen molar-refractivity contribution in [2.75, 3.05) is 0 Å². The summed E-state index contributed by atoms with van der Waals surface area (Å²) < 4.78 is 5.13. The number of amides is 2. The highest BCUT2D eigenvalue weighted by molar-refractivity contribution is 5.95. The minimum absolute atomic E-state index is 0.148. The molecule has 2 amide bonds. The molecule has 29 heavy (non-hydrogen) atoms. The number of carbonyl (C=O) groups excluding carboxylic acids is 2. The predicted octanol–water partition coefficient (Wildman–Crippen LogP) is 3.17. The summed E-state index contributed by atoms with van der Waals surface area (Å²) in [4.78, 5) is 28.1. The zero-order valence-electron chi connectivity index (χ0n) is 16.2. The summed E-state index contributed by atoms with van der Waals surface area (Å²) in [6.07, 6.45) is 7.63. The second-order valence-electron chi connectivity index (χ2n) is 6.00. The molecule has 0 aliphatic heterocycles. The van der Waals surface area contributed by atoms with Crippen molar-refractivity contribution >= 4 is 12.0 Å². The molecule has 0 unspecified atom stereocenters. The van der Waals surface area contributed by atoms with E-state index >= 15 is 0 Å². The fraction of sp³-hybridized carbons (Fsp3) is 0.136. The highest BCUT2D eigenvalue weighted by Gasteiger charge is 2.09. The van der Waals surface area contributed by atoms with Crippen LogP contribution in [-0.4, -0.2) is 17.0 Å². The Morgan fingerprint density at radius 3 is 2.59 bits per heavy atom. The molecule has 1 aromatic heterocycles. The van der Waals surface area contributed by atoms with Gasteiger partial charge in [0.15, 0.2) is 0 Å². The summed E-state index contributed by atoms with van der Waals surface area (Å²) in [6.45, 7) is 5.79. The number of hydrogen-bond donors (Lipinski definition) is 3. The van der Waals surface area contributed by atoms with Crippen LogP contribution < -0.4 is 16.4 Å². The minimum atomic E-state index is -0.530. The molecule has 0 saturated carbocycles. The first-order valence-electron chi connectivity index (χ1n) is 8.98. The number of nitrogens with two attached hydrogens (primary N) is 1. The van der Waals surface area contributed by atoms with E-state index in [1.807, 2.05) is 6.07 Å². The Kier molecular flexibility index (Phi) is 8.19. The maximum atomic E-state index is 12.4. The first kappa shape index (κ1) is 21.4. The largest absolute Gasteiger partial charge is 0.445 e. The highest BCUT2D eigenvalue weighted by atomic mass is 16.5.